The van der Waals surface area contributed by atoms with Gasteiger partial charge in [0.05, 0.1) is 18.4 Å². The number of hydrogen-bond acceptors (Lipinski definition) is 3. The SMILES string of the molecule is CC(C)CNCc1cn(Cc2cc(Cl)ccc2Cl)nn1. The lowest BCUT2D eigenvalue weighted by molar-refractivity contribution is 0.548. The van der Waals surface area contributed by atoms with E-state index in [9.17, 15) is 0 Å². The second kappa shape index (κ2) is 7.07. The van der Waals surface area contributed by atoms with Crippen molar-refractivity contribution in [2.45, 2.75) is 26.9 Å². The predicted molar refractivity (Wildman–Crippen MR) is 82.1 cm³/mol. The standard InChI is InChI=1S/C14H18Cl2N4/c1-10(2)6-17-7-13-9-20(19-18-13)8-11-5-12(15)3-4-14(11)16/h3-5,9-10,17H,6-8H2,1-2H3. The Morgan fingerprint density at radius 3 is 2.85 bits per heavy atom. The molecule has 1 N–H and O–H groups in total. The van der Waals surface area contributed by atoms with Crippen LogP contribution in [0.3, 0.4) is 0 Å². The van der Waals surface area contributed by atoms with Gasteiger partial charge in [-0.15, -0.1) is 5.10 Å². The molecule has 2 aromatic rings. The molecule has 1 aromatic carbocycles. The number of rotatable bonds is 6. The first-order valence-corrected chi connectivity index (χ1v) is 7.34. The number of aromatic nitrogens is 3. The van der Waals surface area contributed by atoms with Gasteiger partial charge in [0.25, 0.3) is 0 Å². The van der Waals surface area contributed by atoms with Gasteiger partial charge >= 0.3 is 0 Å². The Kier molecular flexibility index (Phi) is 5.40. The summed E-state index contributed by atoms with van der Waals surface area (Å²) in [6.07, 6.45) is 1.92. The third-order valence-electron chi connectivity index (χ3n) is 2.78. The van der Waals surface area contributed by atoms with E-state index in [1.165, 1.54) is 0 Å². The van der Waals surface area contributed by atoms with Gasteiger partial charge in [-0.25, -0.2) is 4.68 Å². The van der Waals surface area contributed by atoms with Gasteiger partial charge in [-0.2, -0.15) is 0 Å². The third kappa shape index (κ3) is 4.47. The number of halogens is 2. The molecule has 108 valence electrons. The zero-order valence-electron chi connectivity index (χ0n) is 11.6. The number of nitrogens with zero attached hydrogens (tertiary/aromatic N) is 3. The van der Waals surface area contributed by atoms with E-state index in [1.807, 2.05) is 12.3 Å². The lowest BCUT2D eigenvalue weighted by Gasteiger charge is -2.05. The molecule has 0 saturated carbocycles. The Morgan fingerprint density at radius 2 is 2.10 bits per heavy atom. The molecule has 1 heterocycles. The van der Waals surface area contributed by atoms with Crippen LogP contribution in [-0.4, -0.2) is 21.5 Å². The van der Waals surface area contributed by atoms with E-state index in [2.05, 4.69) is 29.5 Å². The molecule has 20 heavy (non-hydrogen) atoms. The summed E-state index contributed by atoms with van der Waals surface area (Å²) in [7, 11) is 0. The molecule has 0 aliphatic heterocycles. The van der Waals surface area contributed by atoms with E-state index in [0.29, 0.717) is 22.5 Å². The van der Waals surface area contributed by atoms with Crippen LogP contribution in [0.15, 0.2) is 24.4 Å². The minimum absolute atomic E-state index is 0.566. The maximum Gasteiger partial charge on any atom is 0.0964 e. The van der Waals surface area contributed by atoms with E-state index >= 15 is 0 Å². The fourth-order valence-electron chi connectivity index (χ4n) is 1.82. The first-order valence-electron chi connectivity index (χ1n) is 6.58. The molecule has 0 spiro atoms. The summed E-state index contributed by atoms with van der Waals surface area (Å²) < 4.78 is 1.77. The van der Waals surface area contributed by atoms with Crippen LogP contribution in [0.5, 0.6) is 0 Å². The van der Waals surface area contributed by atoms with Crippen LogP contribution in [0.4, 0.5) is 0 Å². The molecular weight excluding hydrogens is 295 g/mol. The largest absolute Gasteiger partial charge is 0.311 e. The predicted octanol–water partition coefficient (Wildman–Crippen LogP) is 3.38. The highest BCUT2D eigenvalue weighted by atomic mass is 35.5. The van der Waals surface area contributed by atoms with Crippen molar-refractivity contribution in [3.05, 3.63) is 45.7 Å². The topological polar surface area (TPSA) is 42.7 Å². The van der Waals surface area contributed by atoms with Gasteiger partial charge in [0.1, 0.15) is 0 Å². The third-order valence-corrected chi connectivity index (χ3v) is 3.39. The highest BCUT2D eigenvalue weighted by Gasteiger charge is 2.05. The first-order chi connectivity index (χ1) is 9.54. The summed E-state index contributed by atoms with van der Waals surface area (Å²) in [4.78, 5) is 0. The van der Waals surface area contributed by atoms with Gasteiger partial charge in [-0.3, -0.25) is 0 Å². The van der Waals surface area contributed by atoms with Gasteiger partial charge in [-0.1, -0.05) is 42.3 Å². The molecule has 0 bridgehead atoms. The molecule has 0 unspecified atom stereocenters. The minimum atomic E-state index is 0.566. The van der Waals surface area contributed by atoms with Crippen LogP contribution in [-0.2, 0) is 13.1 Å². The zero-order chi connectivity index (χ0) is 14.5. The molecular formula is C14H18Cl2N4. The fourth-order valence-corrected chi connectivity index (χ4v) is 2.20. The van der Waals surface area contributed by atoms with Gasteiger partial charge in [0.2, 0.25) is 0 Å². The lowest BCUT2D eigenvalue weighted by Crippen LogP contribution is -2.19. The number of hydrogen-bond donors (Lipinski definition) is 1. The van der Waals surface area contributed by atoms with Crippen molar-refractivity contribution >= 4 is 23.2 Å². The Balaban J connectivity index is 1.97. The van der Waals surface area contributed by atoms with Crippen molar-refractivity contribution < 1.29 is 0 Å². The summed E-state index contributed by atoms with van der Waals surface area (Å²) >= 11 is 12.1. The maximum atomic E-state index is 6.14. The monoisotopic (exact) mass is 312 g/mol. The summed E-state index contributed by atoms with van der Waals surface area (Å²) in [5.74, 6) is 0.621. The Bertz CT molecular complexity index is 566. The second-order valence-electron chi connectivity index (χ2n) is 5.17. The molecule has 6 heteroatoms. The number of benzene rings is 1. The van der Waals surface area contributed by atoms with Crippen LogP contribution >= 0.6 is 23.2 Å². The molecule has 0 atom stereocenters. The molecule has 0 amide bonds. The van der Waals surface area contributed by atoms with E-state index in [1.54, 1.807) is 16.8 Å². The summed E-state index contributed by atoms with van der Waals surface area (Å²) in [6.45, 7) is 6.60. The second-order valence-corrected chi connectivity index (χ2v) is 6.01. The van der Waals surface area contributed by atoms with Gasteiger partial charge in [-0.05, 0) is 36.2 Å². The molecule has 0 radical (unpaired) electrons. The average Bonchev–Trinajstić information content (AvgIpc) is 2.81. The Morgan fingerprint density at radius 1 is 1.30 bits per heavy atom. The minimum Gasteiger partial charge on any atom is -0.311 e. The van der Waals surface area contributed by atoms with Gasteiger partial charge in [0, 0.05) is 16.6 Å². The van der Waals surface area contributed by atoms with Crippen molar-refractivity contribution in [3.63, 3.8) is 0 Å². The molecule has 4 nitrogen and oxygen atoms in total. The van der Waals surface area contributed by atoms with Crippen LogP contribution in [0.25, 0.3) is 0 Å². The van der Waals surface area contributed by atoms with Gasteiger partial charge in [0.15, 0.2) is 0 Å². The molecule has 1 aromatic heterocycles. The molecule has 0 aliphatic rings. The average molecular weight is 313 g/mol. The van der Waals surface area contributed by atoms with Crippen molar-refractivity contribution in [1.29, 1.82) is 0 Å². The Hall–Kier alpha value is -1.10. The quantitative estimate of drug-likeness (QED) is 0.889. The highest BCUT2D eigenvalue weighted by molar-refractivity contribution is 6.33. The van der Waals surface area contributed by atoms with E-state index in [-0.39, 0.29) is 0 Å². The Labute approximate surface area is 129 Å². The van der Waals surface area contributed by atoms with E-state index in [0.717, 1.165) is 24.3 Å². The normalized spacial score (nSPS) is 11.2. The van der Waals surface area contributed by atoms with Crippen molar-refractivity contribution in [3.8, 4) is 0 Å². The van der Waals surface area contributed by atoms with E-state index < -0.39 is 0 Å². The van der Waals surface area contributed by atoms with Crippen molar-refractivity contribution in [1.82, 2.24) is 20.3 Å². The smallest absolute Gasteiger partial charge is 0.0964 e. The molecule has 2 rings (SSSR count). The first kappa shape index (κ1) is 15.3. The zero-order valence-corrected chi connectivity index (χ0v) is 13.1. The van der Waals surface area contributed by atoms with Crippen molar-refractivity contribution in [2.24, 2.45) is 5.92 Å². The highest BCUT2D eigenvalue weighted by Crippen LogP contribution is 2.21. The fraction of sp³-hybridized carbons (Fsp3) is 0.429. The van der Waals surface area contributed by atoms with Crippen LogP contribution in [0, 0.1) is 5.92 Å². The molecule has 0 fully saturated rings. The number of nitrogens with one attached hydrogen (secondary N) is 1. The van der Waals surface area contributed by atoms with Gasteiger partial charge < -0.3 is 5.32 Å². The summed E-state index contributed by atoms with van der Waals surface area (Å²) in [5.41, 5.74) is 1.86. The van der Waals surface area contributed by atoms with Crippen LogP contribution in [0.2, 0.25) is 10.0 Å². The summed E-state index contributed by atoms with van der Waals surface area (Å²) in [5, 5.41) is 12.9. The van der Waals surface area contributed by atoms with Crippen LogP contribution in [0.1, 0.15) is 25.1 Å². The van der Waals surface area contributed by atoms with Crippen molar-refractivity contribution in [2.75, 3.05) is 6.54 Å². The molecule has 0 aliphatic carbocycles. The lowest BCUT2D eigenvalue weighted by atomic mass is 10.2. The van der Waals surface area contributed by atoms with E-state index in [4.69, 9.17) is 23.2 Å². The summed E-state index contributed by atoms with van der Waals surface area (Å²) in [6, 6.07) is 5.42. The maximum absolute atomic E-state index is 6.14. The van der Waals surface area contributed by atoms with Crippen LogP contribution < -0.4 is 5.32 Å². The molecule has 0 saturated heterocycles.